The molecule has 90 valence electrons. The smallest absolute Gasteiger partial charge is 0.183 e. The Labute approximate surface area is 104 Å². The van der Waals surface area contributed by atoms with Crippen molar-refractivity contribution in [2.45, 2.75) is 19.0 Å². The molecule has 4 nitrogen and oxygen atoms in total. The van der Waals surface area contributed by atoms with Gasteiger partial charge >= 0.3 is 0 Å². The Morgan fingerprint density at radius 2 is 2.44 bits per heavy atom. The molecular weight excluding hydrogens is 268 g/mol. The van der Waals surface area contributed by atoms with Gasteiger partial charge in [-0.15, -0.1) is 11.3 Å². The molecule has 1 fully saturated rings. The molecule has 0 radical (unpaired) electrons. The first-order valence-electron chi connectivity index (χ1n) is 4.97. The molecule has 0 bridgehead atoms. The number of nitrogens with zero attached hydrogens (tertiary/aromatic N) is 2. The van der Waals surface area contributed by atoms with Crippen molar-refractivity contribution in [1.29, 1.82) is 0 Å². The highest BCUT2D eigenvalue weighted by atomic mass is 35.5. The van der Waals surface area contributed by atoms with Gasteiger partial charge < -0.3 is 0 Å². The summed E-state index contributed by atoms with van der Waals surface area (Å²) in [5.74, 6) is 0.585. The number of hydrogen-bond acceptors (Lipinski definition) is 5. The minimum atomic E-state index is -2.81. The van der Waals surface area contributed by atoms with Gasteiger partial charge in [-0.1, -0.05) is 11.6 Å². The first kappa shape index (κ1) is 12.3. The number of thiazole rings is 1. The van der Waals surface area contributed by atoms with Crippen LogP contribution in [0.3, 0.4) is 0 Å². The molecule has 0 amide bonds. The van der Waals surface area contributed by atoms with Gasteiger partial charge in [0, 0.05) is 23.7 Å². The maximum atomic E-state index is 11.3. The van der Waals surface area contributed by atoms with E-state index in [-0.39, 0.29) is 11.8 Å². The second-order valence-corrected chi connectivity index (χ2v) is 7.98. The van der Waals surface area contributed by atoms with E-state index in [1.807, 2.05) is 7.05 Å². The van der Waals surface area contributed by atoms with Crippen LogP contribution in [0.1, 0.15) is 11.3 Å². The van der Waals surface area contributed by atoms with E-state index < -0.39 is 9.84 Å². The fourth-order valence-corrected chi connectivity index (χ4v) is 4.70. The molecule has 16 heavy (non-hydrogen) atoms. The molecule has 7 heteroatoms. The molecular formula is C9H13ClN2O2S2. The topological polar surface area (TPSA) is 50.3 Å². The maximum Gasteiger partial charge on any atom is 0.183 e. The molecule has 0 N–H and O–H groups in total. The minimum absolute atomic E-state index is 0.130. The van der Waals surface area contributed by atoms with Crippen LogP contribution in [0.4, 0.5) is 0 Å². The number of aromatic nitrogens is 1. The Bertz CT molecular complexity index is 472. The molecule has 1 unspecified atom stereocenters. The van der Waals surface area contributed by atoms with Crippen molar-refractivity contribution in [1.82, 2.24) is 9.88 Å². The first-order chi connectivity index (χ1) is 7.46. The van der Waals surface area contributed by atoms with Crippen molar-refractivity contribution in [3.05, 3.63) is 15.5 Å². The Morgan fingerprint density at radius 1 is 1.69 bits per heavy atom. The zero-order valence-electron chi connectivity index (χ0n) is 8.89. The summed E-state index contributed by atoms with van der Waals surface area (Å²) in [5, 5.41) is 0. The van der Waals surface area contributed by atoms with Gasteiger partial charge in [0.1, 0.15) is 0 Å². The van der Waals surface area contributed by atoms with Crippen LogP contribution in [0, 0.1) is 0 Å². The normalized spacial score (nSPS) is 24.1. The number of sulfone groups is 1. The van der Waals surface area contributed by atoms with Crippen LogP contribution < -0.4 is 0 Å². The molecule has 1 atom stereocenters. The van der Waals surface area contributed by atoms with Crippen molar-refractivity contribution >= 4 is 32.8 Å². The maximum absolute atomic E-state index is 11.3. The van der Waals surface area contributed by atoms with Gasteiger partial charge in [0.15, 0.2) is 14.3 Å². The second-order valence-electron chi connectivity index (χ2n) is 4.05. The molecule has 2 rings (SSSR count). The summed E-state index contributed by atoms with van der Waals surface area (Å²) >= 11 is 7.18. The van der Waals surface area contributed by atoms with Gasteiger partial charge in [-0.05, 0) is 13.5 Å². The van der Waals surface area contributed by atoms with Crippen molar-refractivity contribution < 1.29 is 8.42 Å². The highest BCUT2D eigenvalue weighted by Gasteiger charge is 2.30. The van der Waals surface area contributed by atoms with Crippen LogP contribution in [0.5, 0.6) is 0 Å². The van der Waals surface area contributed by atoms with Gasteiger partial charge in [0.05, 0.1) is 11.5 Å². The number of halogens is 1. The van der Waals surface area contributed by atoms with E-state index in [9.17, 15) is 8.42 Å². The van der Waals surface area contributed by atoms with Gasteiger partial charge in [0.2, 0.25) is 0 Å². The fourth-order valence-electron chi connectivity index (χ4n) is 1.85. The summed E-state index contributed by atoms with van der Waals surface area (Å²) in [6, 6.07) is 0.130. The van der Waals surface area contributed by atoms with Gasteiger partial charge in [-0.2, -0.15) is 0 Å². The molecule has 2 heterocycles. The third-order valence-corrected chi connectivity index (χ3v) is 5.61. The van der Waals surface area contributed by atoms with Crippen LogP contribution in [0.25, 0.3) is 0 Å². The largest absolute Gasteiger partial charge is 0.297 e. The third kappa shape index (κ3) is 2.94. The predicted molar refractivity (Wildman–Crippen MR) is 65.6 cm³/mol. The average Bonchev–Trinajstić information content (AvgIpc) is 2.72. The standard InChI is InChI=1S/C9H13ClN2O2S2/c1-12(5-8-4-11-9(10)15-8)7-2-3-16(13,14)6-7/h4,7H,2-3,5-6H2,1H3. The summed E-state index contributed by atoms with van der Waals surface area (Å²) in [6.45, 7) is 0.713. The lowest BCUT2D eigenvalue weighted by molar-refractivity contribution is 0.256. The highest BCUT2D eigenvalue weighted by Crippen LogP contribution is 2.22. The lowest BCUT2D eigenvalue weighted by atomic mass is 10.2. The lowest BCUT2D eigenvalue weighted by Crippen LogP contribution is -2.31. The minimum Gasteiger partial charge on any atom is -0.297 e. The van der Waals surface area contributed by atoms with E-state index in [2.05, 4.69) is 9.88 Å². The summed E-state index contributed by atoms with van der Waals surface area (Å²) in [6.07, 6.45) is 2.47. The SMILES string of the molecule is CN(Cc1cnc(Cl)s1)C1CCS(=O)(=O)C1. The van der Waals surface area contributed by atoms with Crippen molar-refractivity contribution in [2.75, 3.05) is 18.6 Å². The zero-order chi connectivity index (χ0) is 11.8. The van der Waals surface area contributed by atoms with E-state index in [0.717, 1.165) is 11.3 Å². The third-order valence-electron chi connectivity index (χ3n) is 2.76. The Hall–Kier alpha value is -0.170. The van der Waals surface area contributed by atoms with Gasteiger partial charge in [-0.25, -0.2) is 13.4 Å². The van der Waals surface area contributed by atoms with E-state index in [4.69, 9.17) is 11.6 Å². The summed E-state index contributed by atoms with van der Waals surface area (Å²) in [4.78, 5) is 7.09. The van der Waals surface area contributed by atoms with Crippen LogP contribution in [-0.2, 0) is 16.4 Å². The van der Waals surface area contributed by atoms with Crippen LogP contribution >= 0.6 is 22.9 Å². The molecule has 1 aliphatic rings. The zero-order valence-corrected chi connectivity index (χ0v) is 11.3. The number of hydrogen-bond donors (Lipinski definition) is 0. The quantitative estimate of drug-likeness (QED) is 0.840. The van der Waals surface area contributed by atoms with Gasteiger partial charge in [0.25, 0.3) is 0 Å². The first-order valence-corrected chi connectivity index (χ1v) is 7.99. The van der Waals surface area contributed by atoms with Crippen LogP contribution in [0.15, 0.2) is 6.20 Å². The molecule has 1 saturated heterocycles. The highest BCUT2D eigenvalue weighted by molar-refractivity contribution is 7.91. The van der Waals surface area contributed by atoms with Crippen LogP contribution in [0.2, 0.25) is 4.47 Å². The average molecular weight is 281 g/mol. The van der Waals surface area contributed by atoms with E-state index in [1.54, 1.807) is 6.20 Å². The summed E-state index contributed by atoms with van der Waals surface area (Å²) in [7, 11) is -0.864. The summed E-state index contributed by atoms with van der Waals surface area (Å²) < 4.78 is 23.2. The molecule has 0 saturated carbocycles. The summed E-state index contributed by atoms with van der Waals surface area (Å²) in [5.41, 5.74) is 0. The Kier molecular flexibility index (Phi) is 3.53. The van der Waals surface area contributed by atoms with E-state index in [1.165, 1.54) is 11.3 Å². The van der Waals surface area contributed by atoms with Gasteiger partial charge in [-0.3, -0.25) is 4.90 Å². The lowest BCUT2D eigenvalue weighted by Gasteiger charge is -2.21. The molecule has 1 aliphatic heterocycles. The molecule has 0 spiro atoms. The number of rotatable bonds is 3. The Morgan fingerprint density at radius 3 is 2.94 bits per heavy atom. The second kappa shape index (κ2) is 4.60. The monoisotopic (exact) mass is 280 g/mol. The predicted octanol–water partition coefficient (Wildman–Crippen LogP) is 1.42. The van der Waals surface area contributed by atoms with E-state index in [0.29, 0.717) is 16.8 Å². The molecule has 0 aromatic carbocycles. The Balaban J connectivity index is 1.96. The van der Waals surface area contributed by atoms with Crippen molar-refractivity contribution in [3.63, 3.8) is 0 Å². The molecule has 1 aromatic heterocycles. The molecule has 1 aromatic rings. The molecule has 0 aliphatic carbocycles. The van der Waals surface area contributed by atoms with Crippen LogP contribution in [-0.4, -0.2) is 42.9 Å². The van der Waals surface area contributed by atoms with E-state index >= 15 is 0 Å². The van der Waals surface area contributed by atoms with Crippen molar-refractivity contribution in [3.8, 4) is 0 Å². The van der Waals surface area contributed by atoms with Crippen molar-refractivity contribution in [2.24, 2.45) is 0 Å². The fraction of sp³-hybridized carbons (Fsp3) is 0.667.